The Balaban J connectivity index is 1.47. The minimum Gasteiger partial charge on any atom is -0.378 e. The molecule has 3 heterocycles. The lowest BCUT2D eigenvalue weighted by Gasteiger charge is -2.26. The standard InChI is InChI=1S/C18H24N4O3/c1-13-16(14(2)25-21-13)4-3-7-19-17-6-5-15(12-20-17)18(23)22-8-10-24-11-9-22/h5-6,12H,3-4,7-11H2,1-2H3,(H,19,20). The van der Waals surface area contributed by atoms with E-state index in [0.29, 0.717) is 31.9 Å². The van der Waals surface area contributed by atoms with E-state index in [2.05, 4.69) is 15.5 Å². The van der Waals surface area contributed by atoms with Gasteiger partial charge in [-0.05, 0) is 38.8 Å². The van der Waals surface area contributed by atoms with Crippen molar-refractivity contribution >= 4 is 11.7 Å². The molecule has 0 aromatic carbocycles. The Morgan fingerprint density at radius 1 is 1.28 bits per heavy atom. The number of nitrogens with one attached hydrogen (secondary N) is 1. The first-order valence-corrected chi connectivity index (χ1v) is 8.64. The van der Waals surface area contributed by atoms with Gasteiger partial charge in [-0.25, -0.2) is 4.98 Å². The number of carbonyl (C=O) groups is 1. The van der Waals surface area contributed by atoms with Crippen molar-refractivity contribution in [2.45, 2.75) is 26.7 Å². The van der Waals surface area contributed by atoms with Crippen LogP contribution in [0.2, 0.25) is 0 Å². The third-order valence-electron chi connectivity index (χ3n) is 4.40. The van der Waals surface area contributed by atoms with Crippen molar-refractivity contribution in [1.82, 2.24) is 15.0 Å². The van der Waals surface area contributed by atoms with E-state index in [9.17, 15) is 4.79 Å². The zero-order chi connectivity index (χ0) is 17.6. The lowest BCUT2D eigenvalue weighted by Crippen LogP contribution is -2.40. The third kappa shape index (κ3) is 4.36. The van der Waals surface area contributed by atoms with E-state index in [1.807, 2.05) is 26.0 Å². The van der Waals surface area contributed by atoms with Gasteiger partial charge in [0.2, 0.25) is 0 Å². The zero-order valence-corrected chi connectivity index (χ0v) is 14.7. The van der Waals surface area contributed by atoms with Gasteiger partial charge in [0.1, 0.15) is 11.6 Å². The number of hydrogen-bond acceptors (Lipinski definition) is 6. The number of pyridine rings is 1. The van der Waals surface area contributed by atoms with Crippen LogP contribution in [0.4, 0.5) is 5.82 Å². The lowest BCUT2D eigenvalue weighted by atomic mass is 10.1. The molecule has 3 rings (SSSR count). The monoisotopic (exact) mass is 344 g/mol. The largest absolute Gasteiger partial charge is 0.378 e. The summed E-state index contributed by atoms with van der Waals surface area (Å²) in [6, 6.07) is 3.67. The van der Waals surface area contributed by atoms with Crippen molar-refractivity contribution in [3.63, 3.8) is 0 Å². The maximum absolute atomic E-state index is 12.4. The van der Waals surface area contributed by atoms with Gasteiger partial charge in [0.15, 0.2) is 0 Å². The molecular formula is C18H24N4O3. The van der Waals surface area contributed by atoms with E-state index >= 15 is 0 Å². The number of aromatic nitrogens is 2. The molecule has 25 heavy (non-hydrogen) atoms. The second-order valence-corrected chi connectivity index (χ2v) is 6.17. The Kier molecular flexibility index (Phi) is 5.65. The maximum atomic E-state index is 12.4. The molecule has 0 atom stereocenters. The molecule has 134 valence electrons. The van der Waals surface area contributed by atoms with Crippen LogP contribution in [0.3, 0.4) is 0 Å². The molecule has 1 fully saturated rings. The average molecular weight is 344 g/mol. The SMILES string of the molecule is Cc1noc(C)c1CCCNc1ccc(C(=O)N2CCOCC2)cn1. The summed E-state index contributed by atoms with van der Waals surface area (Å²) in [5.41, 5.74) is 2.76. The summed E-state index contributed by atoms with van der Waals surface area (Å²) in [4.78, 5) is 18.5. The molecule has 0 unspecified atom stereocenters. The van der Waals surface area contributed by atoms with E-state index in [1.165, 1.54) is 5.56 Å². The maximum Gasteiger partial charge on any atom is 0.255 e. The molecule has 1 saturated heterocycles. The first-order valence-electron chi connectivity index (χ1n) is 8.64. The number of anilines is 1. The predicted molar refractivity (Wildman–Crippen MR) is 93.7 cm³/mol. The Morgan fingerprint density at radius 3 is 2.72 bits per heavy atom. The summed E-state index contributed by atoms with van der Waals surface area (Å²) in [5, 5.41) is 7.25. The van der Waals surface area contributed by atoms with E-state index in [4.69, 9.17) is 9.26 Å². The second-order valence-electron chi connectivity index (χ2n) is 6.17. The molecule has 7 nitrogen and oxygen atoms in total. The molecule has 7 heteroatoms. The predicted octanol–water partition coefficient (Wildman–Crippen LogP) is 2.20. The van der Waals surface area contributed by atoms with Crippen molar-refractivity contribution in [3.05, 3.63) is 40.9 Å². The highest BCUT2D eigenvalue weighted by Crippen LogP contribution is 2.14. The first-order chi connectivity index (χ1) is 12.1. The summed E-state index contributed by atoms with van der Waals surface area (Å²) in [5.74, 6) is 1.68. The van der Waals surface area contributed by atoms with E-state index < -0.39 is 0 Å². The fourth-order valence-corrected chi connectivity index (χ4v) is 2.91. The number of amides is 1. The van der Waals surface area contributed by atoms with Gasteiger partial charge < -0.3 is 19.5 Å². The van der Waals surface area contributed by atoms with Crippen molar-refractivity contribution in [2.75, 3.05) is 38.2 Å². The van der Waals surface area contributed by atoms with E-state index in [1.54, 1.807) is 11.1 Å². The Hall–Kier alpha value is -2.41. The average Bonchev–Trinajstić information content (AvgIpc) is 2.97. The number of carbonyl (C=O) groups excluding carboxylic acids is 1. The summed E-state index contributed by atoms with van der Waals surface area (Å²) in [6.45, 7) is 7.18. The fourth-order valence-electron chi connectivity index (χ4n) is 2.91. The van der Waals surface area contributed by atoms with Gasteiger partial charge in [-0.2, -0.15) is 0 Å². The molecule has 0 saturated carbocycles. The van der Waals surface area contributed by atoms with E-state index in [0.717, 1.165) is 36.7 Å². The van der Waals surface area contributed by atoms with Crippen LogP contribution >= 0.6 is 0 Å². The summed E-state index contributed by atoms with van der Waals surface area (Å²) in [6.07, 6.45) is 3.51. The molecule has 1 N–H and O–H groups in total. The molecule has 1 aliphatic heterocycles. The molecule has 2 aromatic heterocycles. The van der Waals surface area contributed by atoms with Crippen LogP contribution in [-0.4, -0.2) is 53.8 Å². The lowest BCUT2D eigenvalue weighted by molar-refractivity contribution is 0.0302. The molecule has 0 spiro atoms. The topological polar surface area (TPSA) is 80.5 Å². The number of nitrogens with zero attached hydrogens (tertiary/aromatic N) is 3. The van der Waals surface area contributed by atoms with Crippen LogP contribution in [0, 0.1) is 13.8 Å². The Bertz CT molecular complexity index is 686. The molecule has 1 amide bonds. The molecule has 1 aliphatic rings. The minimum atomic E-state index is 0.0146. The van der Waals surface area contributed by atoms with Gasteiger partial charge >= 0.3 is 0 Å². The van der Waals surface area contributed by atoms with Gasteiger partial charge in [0.05, 0.1) is 24.5 Å². The molecule has 2 aromatic rings. The quantitative estimate of drug-likeness (QED) is 0.809. The minimum absolute atomic E-state index is 0.0146. The number of aryl methyl sites for hydroxylation is 2. The first kappa shape index (κ1) is 17.4. The molecule has 0 radical (unpaired) electrons. The van der Waals surface area contributed by atoms with Crippen LogP contribution in [0.15, 0.2) is 22.9 Å². The number of morpholine rings is 1. The summed E-state index contributed by atoms with van der Waals surface area (Å²) in [7, 11) is 0. The Morgan fingerprint density at radius 2 is 2.08 bits per heavy atom. The van der Waals surface area contributed by atoms with Crippen LogP contribution in [-0.2, 0) is 11.2 Å². The number of rotatable bonds is 6. The zero-order valence-electron chi connectivity index (χ0n) is 14.7. The van der Waals surface area contributed by atoms with Crippen molar-refractivity contribution in [1.29, 1.82) is 0 Å². The number of hydrogen-bond donors (Lipinski definition) is 1. The summed E-state index contributed by atoms with van der Waals surface area (Å²) >= 11 is 0. The van der Waals surface area contributed by atoms with Gasteiger partial charge in [0.25, 0.3) is 5.91 Å². The highest BCUT2D eigenvalue weighted by Gasteiger charge is 2.18. The highest BCUT2D eigenvalue weighted by atomic mass is 16.5. The van der Waals surface area contributed by atoms with Crippen LogP contribution in [0.25, 0.3) is 0 Å². The van der Waals surface area contributed by atoms with Gasteiger partial charge in [-0.1, -0.05) is 5.16 Å². The van der Waals surface area contributed by atoms with Gasteiger partial charge in [-0.3, -0.25) is 4.79 Å². The Labute approximate surface area is 147 Å². The van der Waals surface area contributed by atoms with Crippen molar-refractivity contribution < 1.29 is 14.1 Å². The van der Waals surface area contributed by atoms with Crippen LogP contribution in [0.5, 0.6) is 0 Å². The van der Waals surface area contributed by atoms with E-state index in [-0.39, 0.29) is 5.91 Å². The highest BCUT2D eigenvalue weighted by molar-refractivity contribution is 5.94. The number of ether oxygens (including phenoxy) is 1. The van der Waals surface area contributed by atoms with Gasteiger partial charge in [-0.15, -0.1) is 0 Å². The summed E-state index contributed by atoms with van der Waals surface area (Å²) < 4.78 is 10.4. The van der Waals surface area contributed by atoms with Crippen LogP contribution in [0.1, 0.15) is 33.8 Å². The second kappa shape index (κ2) is 8.11. The molecular weight excluding hydrogens is 320 g/mol. The van der Waals surface area contributed by atoms with Crippen molar-refractivity contribution in [2.24, 2.45) is 0 Å². The third-order valence-corrected chi connectivity index (χ3v) is 4.40. The fraction of sp³-hybridized carbons (Fsp3) is 0.500. The van der Waals surface area contributed by atoms with Crippen molar-refractivity contribution in [3.8, 4) is 0 Å². The smallest absolute Gasteiger partial charge is 0.255 e. The van der Waals surface area contributed by atoms with Gasteiger partial charge in [0, 0.05) is 31.4 Å². The van der Waals surface area contributed by atoms with Crippen LogP contribution < -0.4 is 5.32 Å². The molecule has 0 bridgehead atoms. The molecule has 0 aliphatic carbocycles. The normalized spacial score (nSPS) is 14.6.